The number of nitrogens with zero attached hydrogens (tertiary/aromatic N) is 5. The molecule has 3 fully saturated rings. The first-order valence-corrected chi connectivity index (χ1v) is 17.4. The summed E-state index contributed by atoms with van der Waals surface area (Å²) in [7, 11) is 5.45. The number of amides is 4. The first kappa shape index (κ1) is 37.2. The lowest BCUT2D eigenvalue weighted by Crippen LogP contribution is -2.49. The van der Waals surface area contributed by atoms with Gasteiger partial charge in [-0.3, -0.25) is 39.4 Å². The van der Waals surface area contributed by atoms with E-state index in [1.165, 1.54) is 51.4 Å². The summed E-state index contributed by atoms with van der Waals surface area (Å²) in [6, 6.07) is 7.94. The van der Waals surface area contributed by atoms with Crippen LogP contribution in [0.2, 0.25) is 5.02 Å². The lowest BCUT2D eigenvalue weighted by molar-refractivity contribution is -0.392. The van der Waals surface area contributed by atoms with E-state index in [4.69, 9.17) is 21.1 Å². The number of halogens is 2. The number of hydrogen-bond acceptors (Lipinski definition) is 12. The Labute approximate surface area is 316 Å². The van der Waals surface area contributed by atoms with E-state index in [1.807, 2.05) is 0 Å². The Morgan fingerprint density at radius 3 is 2.02 bits per heavy atom. The maximum Gasteiger partial charge on any atom is 0.301 e. The molecule has 16 nitrogen and oxygen atoms in total. The van der Waals surface area contributed by atoms with E-state index >= 15 is 0 Å². The lowest BCUT2D eigenvalue weighted by atomic mass is 9.51. The zero-order chi connectivity index (χ0) is 40.0. The number of ether oxygens (including phenoxy) is 2. The summed E-state index contributed by atoms with van der Waals surface area (Å²) < 4.78 is 25.7. The van der Waals surface area contributed by atoms with Crippen LogP contribution < -0.4 is 24.2 Å². The second-order valence-electron chi connectivity index (χ2n) is 14.3. The molecule has 286 valence electrons. The fraction of sp³-hybridized carbons (Fsp3) is 0.351. The minimum Gasteiger partial charge on any atom is -0.508 e. The fourth-order valence-electron chi connectivity index (χ4n) is 9.11. The predicted octanol–water partition coefficient (Wildman–Crippen LogP) is 5.52. The number of carbonyl (C=O) groups is 4. The molecule has 0 bridgehead atoms. The van der Waals surface area contributed by atoms with Crippen LogP contribution in [0.25, 0.3) is 0 Å². The van der Waals surface area contributed by atoms with Gasteiger partial charge in [-0.2, -0.15) is 0 Å². The standard InChI is InChI=1S/C37H33ClFN5O11/c1-37-22(34(47)42(36(37)49)16-6-9-24(39)23(38)10-16)15-21-19(31(37)30-27(54-4)13-18(45)14-28(30)55-5)7-8-20-29(21)35(48)41(33(20)46)17-11-25(43(50)51)32(40(2)3)26(12-17)44(52)53/h6-7,9-14,20-22,29,31,45H,8,15H2,1-5H3. The summed E-state index contributed by atoms with van der Waals surface area (Å²) in [5, 5.41) is 34.5. The quantitative estimate of drug-likeness (QED) is 0.130. The number of imide groups is 2. The van der Waals surface area contributed by atoms with Crippen LogP contribution in [0.1, 0.15) is 31.2 Å². The molecule has 4 aliphatic rings. The molecule has 3 aromatic carbocycles. The number of phenols is 1. The molecule has 55 heavy (non-hydrogen) atoms. The van der Waals surface area contributed by atoms with Gasteiger partial charge in [0.05, 0.1) is 63.6 Å². The van der Waals surface area contributed by atoms with Gasteiger partial charge in [-0.15, -0.1) is 0 Å². The normalized spacial score (nSPS) is 25.7. The number of fused-ring (bicyclic) bond motifs is 4. The number of benzene rings is 3. The van der Waals surface area contributed by atoms with Crippen LogP contribution in [-0.4, -0.2) is 66.9 Å². The first-order chi connectivity index (χ1) is 26.0. The third kappa shape index (κ3) is 5.31. The number of phenolic OH excluding ortho intramolecular Hbond substituents is 1. The third-order valence-electron chi connectivity index (χ3n) is 11.4. The SMILES string of the molecule is COc1cc(O)cc(OC)c1C1C2=CCC3C(=O)N(c4cc([N+](=O)[O-])c(N(C)C)c([N+](=O)[O-])c4)C(=O)C3C2CC2C(=O)N(c3ccc(F)c(Cl)c3)C(=O)C21C. The van der Waals surface area contributed by atoms with Crippen molar-refractivity contribution in [2.45, 2.75) is 25.7 Å². The third-order valence-corrected chi connectivity index (χ3v) is 11.7. The Hall–Kier alpha value is -6.10. The highest BCUT2D eigenvalue weighted by molar-refractivity contribution is 6.32. The van der Waals surface area contributed by atoms with Gasteiger partial charge in [-0.05, 0) is 43.9 Å². The van der Waals surface area contributed by atoms with E-state index in [0.717, 1.165) is 34.1 Å². The predicted molar refractivity (Wildman–Crippen MR) is 194 cm³/mol. The first-order valence-electron chi connectivity index (χ1n) is 17.0. The van der Waals surface area contributed by atoms with Gasteiger partial charge in [-0.25, -0.2) is 14.2 Å². The Kier molecular flexibility index (Phi) is 8.82. The molecule has 0 radical (unpaired) electrons. The molecule has 0 aromatic heterocycles. The van der Waals surface area contributed by atoms with E-state index in [9.17, 15) is 48.9 Å². The van der Waals surface area contributed by atoms with E-state index in [2.05, 4.69) is 0 Å². The van der Waals surface area contributed by atoms with E-state index in [-0.39, 0.29) is 57.7 Å². The molecular formula is C37H33ClFN5O11. The molecule has 1 saturated carbocycles. The lowest BCUT2D eigenvalue weighted by Gasteiger charge is -2.49. The molecule has 6 atom stereocenters. The number of anilines is 3. The monoisotopic (exact) mass is 777 g/mol. The highest BCUT2D eigenvalue weighted by atomic mass is 35.5. The number of rotatable bonds is 8. The maximum absolute atomic E-state index is 14.8. The van der Waals surface area contributed by atoms with Crippen molar-refractivity contribution in [1.29, 1.82) is 0 Å². The summed E-state index contributed by atoms with van der Waals surface area (Å²) in [5.74, 6) is -8.93. The number of hydrogen-bond donors (Lipinski definition) is 1. The van der Waals surface area contributed by atoms with E-state index in [1.54, 1.807) is 13.0 Å². The van der Waals surface area contributed by atoms with Crippen LogP contribution in [-0.2, 0) is 19.2 Å². The van der Waals surface area contributed by atoms with Crippen molar-refractivity contribution < 1.29 is 48.0 Å². The zero-order valence-corrected chi connectivity index (χ0v) is 30.7. The summed E-state index contributed by atoms with van der Waals surface area (Å²) in [5.41, 5.74) is -2.88. The molecule has 0 spiro atoms. The number of allylic oxidation sites excluding steroid dienone is 2. The second kappa shape index (κ2) is 13.0. The van der Waals surface area contributed by atoms with Crippen molar-refractivity contribution in [3.8, 4) is 17.2 Å². The average molecular weight is 778 g/mol. The maximum atomic E-state index is 14.8. The highest BCUT2D eigenvalue weighted by Gasteiger charge is 2.68. The van der Waals surface area contributed by atoms with Gasteiger partial charge in [-0.1, -0.05) is 23.3 Å². The number of methoxy groups -OCH3 is 2. The van der Waals surface area contributed by atoms with Crippen molar-refractivity contribution in [3.05, 3.63) is 90.7 Å². The Morgan fingerprint density at radius 2 is 1.49 bits per heavy atom. The van der Waals surface area contributed by atoms with Gasteiger partial charge in [0.2, 0.25) is 23.6 Å². The molecule has 2 aliphatic carbocycles. The van der Waals surface area contributed by atoms with Crippen LogP contribution in [0.4, 0.5) is 32.8 Å². The minimum atomic E-state index is -1.60. The van der Waals surface area contributed by atoms with Crippen molar-refractivity contribution in [2.24, 2.45) is 29.1 Å². The molecule has 2 aliphatic heterocycles. The highest BCUT2D eigenvalue weighted by Crippen LogP contribution is 2.66. The smallest absolute Gasteiger partial charge is 0.301 e. The minimum absolute atomic E-state index is 0.0119. The van der Waals surface area contributed by atoms with Crippen LogP contribution in [0.5, 0.6) is 17.2 Å². The number of aromatic hydroxyl groups is 1. The summed E-state index contributed by atoms with van der Waals surface area (Å²) in [6.45, 7) is 1.60. The zero-order valence-electron chi connectivity index (χ0n) is 29.9. The Balaban J connectivity index is 1.41. The van der Waals surface area contributed by atoms with Gasteiger partial charge in [0, 0.05) is 49.8 Å². The second-order valence-corrected chi connectivity index (χ2v) is 14.7. The van der Waals surface area contributed by atoms with Gasteiger partial charge in [0.25, 0.3) is 0 Å². The molecule has 4 amide bonds. The fourth-order valence-corrected chi connectivity index (χ4v) is 9.29. The van der Waals surface area contributed by atoms with Crippen molar-refractivity contribution in [3.63, 3.8) is 0 Å². The topological polar surface area (TPSA) is 203 Å². The van der Waals surface area contributed by atoms with Gasteiger partial charge in [0.1, 0.15) is 23.1 Å². The number of carbonyl (C=O) groups excluding carboxylic acids is 4. The molecule has 2 heterocycles. The summed E-state index contributed by atoms with van der Waals surface area (Å²) in [4.78, 5) is 83.6. The molecule has 18 heteroatoms. The average Bonchev–Trinajstić information content (AvgIpc) is 3.51. The van der Waals surface area contributed by atoms with Gasteiger partial charge >= 0.3 is 11.4 Å². The number of nitro benzene ring substituents is 2. The molecule has 3 aromatic rings. The van der Waals surface area contributed by atoms with Crippen LogP contribution >= 0.6 is 11.6 Å². The van der Waals surface area contributed by atoms with Gasteiger partial charge in [0.15, 0.2) is 5.69 Å². The van der Waals surface area contributed by atoms with Crippen LogP contribution in [0.3, 0.4) is 0 Å². The number of nitro groups is 2. The van der Waals surface area contributed by atoms with Crippen molar-refractivity contribution in [2.75, 3.05) is 43.0 Å². The van der Waals surface area contributed by atoms with Gasteiger partial charge < -0.3 is 19.5 Å². The Morgan fingerprint density at radius 1 is 0.891 bits per heavy atom. The summed E-state index contributed by atoms with van der Waals surface area (Å²) in [6.07, 6.45) is 1.59. The van der Waals surface area contributed by atoms with Crippen LogP contribution in [0.15, 0.2) is 54.1 Å². The van der Waals surface area contributed by atoms with Crippen molar-refractivity contribution in [1.82, 2.24) is 0 Å². The Bertz CT molecular complexity index is 2240. The molecular weight excluding hydrogens is 745 g/mol. The largest absolute Gasteiger partial charge is 0.508 e. The van der Waals surface area contributed by atoms with Crippen LogP contribution in [0, 0.1) is 55.1 Å². The van der Waals surface area contributed by atoms with E-state index < -0.39 is 85.7 Å². The van der Waals surface area contributed by atoms with E-state index in [0.29, 0.717) is 5.57 Å². The van der Waals surface area contributed by atoms with Crippen molar-refractivity contribution >= 4 is 63.7 Å². The molecule has 6 unspecified atom stereocenters. The molecule has 2 saturated heterocycles. The molecule has 1 N–H and O–H groups in total. The molecule has 7 rings (SSSR count). The summed E-state index contributed by atoms with van der Waals surface area (Å²) >= 11 is 6.08.